The van der Waals surface area contributed by atoms with Gasteiger partial charge >= 0.3 is 23.9 Å². The Balaban J connectivity index is 0. The summed E-state index contributed by atoms with van der Waals surface area (Å²) in [6.07, 6.45) is 1.51. The van der Waals surface area contributed by atoms with Crippen molar-refractivity contribution in [3.8, 4) is 0 Å². The number of aliphatic carboxylic acids is 4. The summed E-state index contributed by atoms with van der Waals surface area (Å²) in [5.74, 6) is -3.76. The third-order valence-electron chi connectivity index (χ3n) is 2.25. The van der Waals surface area contributed by atoms with Crippen molar-refractivity contribution in [2.24, 2.45) is 5.73 Å². The van der Waals surface area contributed by atoms with Gasteiger partial charge in [-0.25, -0.2) is 0 Å². The van der Waals surface area contributed by atoms with Gasteiger partial charge in [-0.05, 0) is 25.7 Å². The van der Waals surface area contributed by atoms with E-state index in [4.69, 9.17) is 26.2 Å². The minimum absolute atomic E-state index is 0.0268. The van der Waals surface area contributed by atoms with Crippen LogP contribution in [-0.2, 0) is 19.2 Å². The molecule has 0 fully saturated rings. The third kappa shape index (κ3) is 20.3. The number of rotatable bonds is 10. The molecule has 0 aromatic carbocycles. The fourth-order valence-corrected chi connectivity index (χ4v) is 1.15. The van der Waals surface area contributed by atoms with E-state index >= 15 is 0 Å². The van der Waals surface area contributed by atoms with Gasteiger partial charge in [0.2, 0.25) is 0 Å². The molecule has 0 saturated heterocycles. The first-order valence-corrected chi connectivity index (χ1v) is 6.30. The first-order chi connectivity index (χ1) is 9.66. The molecule has 1 unspecified atom stereocenters. The second kappa shape index (κ2) is 12.9. The summed E-state index contributed by atoms with van der Waals surface area (Å²) >= 11 is 0. The number of hydrogen-bond acceptors (Lipinski definition) is 5. The monoisotopic (exact) mass is 307 g/mol. The number of hydrogen-bond donors (Lipinski definition) is 5. The van der Waals surface area contributed by atoms with Crippen molar-refractivity contribution in [1.29, 1.82) is 0 Å². The largest absolute Gasteiger partial charge is 0.481 e. The van der Waals surface area contributed by atoms with Crippen LogP contribution in [0.3, 0.4) is 0 Å². The zero-order valence-corrected chi connectivity index (χ0v) is 11.5. The molecule has 0 aliphatic rings. The molecular weight excluding hydrogens is 286 g/mol. The molecule has 0 spiro atoms. The van der Waals surface area contributed by atoms with E-state index in [1.54, 1.807) is 0 Å². The highest BCUT2D eigenvalue weighted by Gasteiger charge is 2.10. The summed E-state index contributed by atoms with van der Waals surface area (Å²) in [5, 5.41) is 32.7. The van der Waals surface area contributed by atoms with Crippen LogP contribution in [0.1, 0.15) is 44.9 Å². The highest BCUT2D eigenvalue weighted by molar-refractivity contribution is 5.73. The predicted octanol–water partition coefficient (Wildman–Crippen LogP) is 0.369. The Bertz CT molecular complexity index is 339. The highest BCUT2D eigenvalue weighted by atomic mass is 16.4. The quantitative estimate of drug-likeness (QED) is 0.357. The van der Waals surface area contributed by atoms with E-state index in [0.29, 0.717) is 19.3 Å². The summed E-state index contributed by atoms with van der Waals surface area (Å²) in [7, 11) is 0. The standard InChI is InChI=1S/C6H11NO4.C6H10O4/c7-4(6(10)11)2-1-3-5(8)9;7-5(8)3-1-2-4-6(9)10/h4H,1-3,7H2,(H,8,9)(H,10,11);1-4H2,(H,7,8)(H,9,10). The van der Waals surface area contributed by atoms with Crippen LogP contribution in [-0.4, -0.2) is 50.3 Å². The SMILES string of the molecule is NC(CCCC(=O)O)C(=O)O.O=C(O)CCCCC(=O)O. The summed E-state index contributed by atoms with van der Waals surface area (Å²) in [4.78, 5) is 39.9. The topological polar surface area (TPSA) is 175 Å². The van der Waals surface area contributed by atoms with Crippen LogP contribution in [0.2, 0.25) is 0 Å². The summed E-state index contributed by atoms with van der Waals surface area (Å²) in [5.41, 5.74) is 5.11. The maximum absolute atomic E-state index is 10.1. The third-order valence-corrected chi connectivity index (χ3v) is 2.25. The van der Waals surface area contributed by atoms with Gasteiger partial charge in [0.05, 0.1) is 0 Å². The second-order valence-electron chi connectivity index (χ2n) is 4.23. The Labute approximate surface area is 121 Å². The molecule has 6 N–H and O–H groups in total. The Morgan fingerprint density at radius 1 is 0.714 bits per heavy atom. The van der Waals surface area contributed by atoms with Crippen molar-refractivity contribution in [2.45, 2.75) is 51.0 Å². The summed E-state index contributed by atoms with van der Waals surface area (Å²) in [6.45, 7) is 0. The zero-order valence-electron chi connectivity index (χ0n) is 11.5. The van der Waals surface area contributed by atoms with E-state index in [2.05, 4.69) is 0 Å². The Hall–Kier alpha value is -2.16. The van der Waals surface area contributed by atoms with Gasteiger partial charge in [0.1, 0.15) is 6.04 Å². The van der Waals surface area contributed by atoms with Gasteiger partial charge in [0.25, 0.3) is 0 Å². The van der Waals surface area contributed by atoms with Crippen molar-refractivity contribution in [1.82, 2.24) is 0 Å². The van der Waals surface area contributed by atoms with E-state index < -0.39 is 29.9 Å². The van der Waals surface area contributed by atoms with Crippen molar-refractivity contribution in [3.05, 3.63) is 0 Å². The van der Waals surface area contributed by atoms with Crippen LogP contribution in [0.4, 0.5) is 0 Å². The molecule has 0 radical (unpaired) electrons. The van der Waals surface area contributed by atoms with Crippen molar-refractivity contribution in [3.63, 3.8) is 0 Å². The molecule has 1 atom stereocenters. The van der Waals surface area contributed by atoms with Gasteiger partial charge in [-0.3, -0.25) is 19.2 Å². The Kier molecular flexibility index (Phi) is 12.9. The maximum atomic E-state index is 10.1. The lowest BCUT2D eigenvalue weighted by Gasteiger charge is -2.02. The number of carbonyl (C=O) groups is 4. The van der Waals surface area contributed by atoms with Crippen LogP contribution in [0.25, 0.3) is 0 Å². The van der Waals surface area contributed by atoms with Crippen molar-refractivity contribution < 1.29 is 39.6 Å². The molecule has 122 valence electrons. The first kappa shape index (κ1) is 21.1. The number of nitrogens with two attached hydrogens (primary N) is 1. The van der Waals surface area contributed by atoms with E-state index in [1.807, 2.05) is 0 Å². The Morgan fingerprint density at radius 3 is 1.33 bits per heavy atom. The fourth-order valence-electron chi connectivity index (χ4n) is 1.15. The summed E-state index contributed by atoms with van der Waals surface area (Å²) in [6, 6.07) is -0.936. The molecule has 0 rings (SSSR count). The molecule has 9 nitrogen and oxygen atoms in total. The van der Waals surface area contributed by atoms with Crippen LogP contribution in [0, 0.1) is 0 Å². The zero-order chi connectivity index (χ0) is 16.8. The van der Waals surface area contributed by atoms with Crippen LogP contribution < -0.4 is 5.73 Å². The normalized spacial score (nSPS) is 10.9. The minimum Gasteiger partial charge on any atom is -0.481 e. The molecular formula is C12H21NO8. The lowest BCUT2D eigenvalue weighted by atomic mass is 10.1. The van der Waals surface area contributed by atoms with Crippen LogP contribution >= 0.6 is 0 Å². The molecule has 0 aromatic heterocycles. The van der Waals surface area contributed by atoms with Crippen molar-refractivity contribution in [2.75, 3.05) is 0 Å². The molecule has 9 heteroatoms. The van der Waals surface area contributed by atoms with Gasteiger partial charge < -0.3 is 26.2 Å². The van der Waals surface area contributed by atoms with Crippen molar-refractivity contribution >= 4 is 23.9 Å². The average Bonchev–Trinajstić information content (AvgIpc) is 2.34. The molecule has 0 heterocycles. The lowest BCUT2D eigenvalue weighted by Crippen LogP contribution is -2.29. The molecule has 0 bridgehead atoms. The summed E-state index contributed by atoms with van der Waals surface area (Å²) < 4.78 is 0. The van der Waals surface area contributed by atoms with E-state index in [0.717, 1.165) is 0 Å². The van der Waals surface area contributed by atoms with E-state index in [1.165, 1.54) is 0 Å². The molecule has 0 aromatic rings. The lowest BCUT2D eigenvalue weighted by molar-refractivity contribution is -0.140. The first-order valence-electron chi connectivity index (χ1n) is 6.30. The number of carboxylic acid groups (broad SMARTS) is 4. The fraction of sp³-hybridized carbons (Fsp3) is 0.667. The molecule has 0 aliphatic carbocycles. The van der Waals surface area contributed by atoms with Gasteiger partial charge in [-0.2, -0.15) is 0 Å². The van der Waals surface area contributed by atoms with Gasteiger partial charge in [-0.15, -0.1) is 0 Å². The van der Waals surface area contributed by atoms with E-state index in [9.17, 15) is 19.2 Å². The molecule has 0 amide bonds. The van der Waals surface area contributed by atoms with E-state index in [-0.39, 0.29) is 25.7 Å². The number of unbranched alkanes of at least 4 members (excludes halogenated alkanes) is 1. The van der Waals surface area contributed by atoms with Crippen LogP contribution in [0.5, 0.6) is 0 Å². The minimum atomic E-state index is -1.09. The molecule has 21 heavy (non-hydrogen) atoms. The van der Waals surface area contributed by atoms with Gasteiger partial charge in [0.15, 0.2) is 0 Å². The predicted molar refractivity (Wildman–Crippen MR) is 70.8 cm³/mol. The number of carboxylic acids is 4. The highest BCUT2D eigenvalue weighted by Crippen LogP contribution is 1.99. The molecule has 0 aliphatic heterocycles. The smallest absolute Gasteiger partial charge is 0.320 e. The maximum Gasteiger partial charge on any atom is 0.320 e. The van der Waals surface area contributed by atoms with Crippen LogP contribution in [0.15, 0.2) is 0 Å². The molecule has 0 saturated carbocycles. The van der Waals surface area contributed by atoms with Gasteiger partial charge in [-0.1, -0.05) is 0 Å². The average molecular weight is 307 g/mol. The Morgan fingerprint density at radius 2 is 1.05 bits per heavy atom. The second-order valence-corrected chi connectivity index (χ2v) is 4.23. The van der Waals surface area contributed by atoms with Gasteiger partial charge in [0, 0.05) is 19.3 Å².